The summed E-state index contributed by atoms with van der Waals surface area (Å²) < 4.78 is 30.8. The molecule has 0 unspecified atom stereocenters. The Morgan fingerprint density at radius 2 is 1.62 bits per heavy atom. The van der Waals surface area contributed by atoms with Crippen LogP contribution < -0.4 is 5.69 Å². The van der Waals surface area contributed by atoms with Gasteiger partial charge < -0.3 is 0 Å². The van der Waals surface area contributed by atoms with Gasteiger partial charge in [0.25, 0.3) is 6.43 Å². The molecule has 3 aromatic carbocycles. The minimum Gasteiger partial charge on any atom is -0.291 e. The molecule has 40 heavy (non-hydrogen) atoms. The maximum absolute atomic E-state index is 14.4. The van der Waals surface area contributed by atoms with Gasteiger partial charge >= 0.3 is 5.69 Å². The Kier molecular flexibility index (Phi) is 8.04. The van der Waals surface area contributed by atoms with Crippen LogP contribution in [0.1, 0.15) is 53.5 Å². The lowest BCUT2D eigenvalue weighted by molar-refractivity contribution is 0.0868. The van der Waals surface area contributed by atoms with E-state index in [0.717, 1.165) is 28.7 Å². The molecule has 0 bridgehead atoms. The summed E-state index contributed by atoms with van der Waals surface area (Å²) in [5, 5.41) is 14.1. The summed E-state index contributed by atoms with van der Waals surface area (Å²) in [5.74, 6) is -0.135. The summed E-state index contributed by atoms with van der Waals surface area (Å²) in [6.07, 6.45) is -1.47. The maximum atomic E-state index is 14.4. The predicted molar refractivity (Wildman–Crippen MR) is 147 cm³/mol. The van der Waals surface area contributed by atoms with E-state index in [9.17, 15) is 18.4 Å². The van der Waals surface area contributed by atoms with Crippen molar-refractivity contribution in [3.05, 3.63) is 112 Å². The van der Waals surface area contributed by atoms with Gasteiger partial charge in [-0.25, -0.2) is 23.2 Å². The first kappa shape index (κ1) is 26.9. The zero-order chi connectivity index (χ0) is 28.1. The second kappa shape index (κ2) is 12.0. The zero-order valence-electron chi connectivity index (χ0n) is 21.9. The zero-order valence-corrected chi connectivity index (χ0v) is 21.9. The number of H-pyrrole nitrogens is 1. The summed E-state index contributed by atoms with van der Waals surface area (Å²) in [7, 11) is 0. The van der Waals surface area contributed by atoms with Crippen LogP contribution in [0.5, 0.6) is 0 Å². The highest BCUT2D eigenvalue weighted by Crippen LogP contribution is 2.30. The molecule has 5 rings (SSSR count). The molecule has 0 radical (unpaired) electrons. The molecule has 0 fully saturated rings. The smallest absolute Gasteiger partial charge is 0.291 e. The highest BCUT2D eigenvalue weighted by molar-refractivity contribution is 5.82. The van der Waals surface area contributed by atoms with Crippen molar-refractivity contribution < 1.29 is 13.6 Å². The molecule has 204 valence electrons. The molecule has 5 aromatic rings. The third-order valence-corrected chi connectivity index (χ3v) is 6.84. The van der Waals surface area contributed by atoms with Crippen LogP contribution in [0, 0.1) is 0 Å². The lowest BCUT2D eigenvalue weighted by atomic mass is 9.98. The highest BCUT2D eigenvalue weighted by atomic mass is 19.3. The lowest BCUT2D eigenvalue weighted by Crippen LogP contribution is -2.31. The molecule has 0 aliphatic rings. The normalized spacial score (nSPS) is 11.3. The molecular weight excluding hydrogens is 514 g/mol. The molecule has 0 spiro atoms. The van der Waals surface area contributed by atoms with E-state index < -0.39 is 23.7 Å². The fourth-order valence-corrected chi connectivity index (χ4v) is 4.88. The summed E-state index contributed by atoms with van der Waals surface area (Å²) >= 11 is 0. The van der Waals surface area contributed by atoms with Gasteiger partial charge in [0.2, 0.25) is 5.91 Å². The van der Waals surface area contributed by atoms with Gasteiger partial charge in [-0.05, 0) is 45.5 Å². The Morgan fingerprint density at radius 3 is 2.27 bits per heavy atom. The van der Waals surface area contributed by atoms with Crippen molar-refractivity contribution in [3.8, 4) is 22.5 Å². The number of tetrazole rings is 1. The number of hydrogen-bond acceptors (Lipinski definition) is 5. The number of rotatable bonds is 10. The number of benzene rings is 3. The van der Waals surface area contributed by atoms with Gasteiger partial charge in [0.15, 0.2) is 5.82 Å². The van der Waals surface area contributed by atoms with E-state index in [1.165, 1.54) is 4.57 Å². The molecular formula is C30H28F2N6O2. The predicted octanol–water partition coefficient (Wildman–Crippen LogP) is 5.71. The van der Waals surface area contributed by atoms with Crippen LogP contribution in [0.25, 0.3) is 22.5 Å². The van der Waals surface area contributed by atoms with Crippen molar-refractivity contribution in [1.29, 1.82) is 0 Å². The topological polar surface area (TPSA) is 98.5 Å². The molecule has 2 heterocycles. The largest absolute Gasteiger partial charge is 0.335 e. The molecule has 0 saturated carbocycles. The summed E-state index contributed by atoms with van der Waals surface area (Å²) in [5.41, 5.74) is 2.99. The number of unbranched alkanes of at least 4 members (excludes halogenated alkanes) is 1. The number of nitrogens with one attached hydrogen (secondary N) is 1. The number of halogens is 2. The minimum atomic E-state index is -2.97. The van der Waals surface area contributed by atoms with Crippen LogP contribution in [-0.2, 0) is 19.4 Å². The number of imidazole rings is 1. The van der Waals surface area contributed by atoms with Crippen molar-refractivity contribution in [2.45, 2.75) is 45.6 Å². The van der Waals surface area contributed by atoms with E-state index in [0.29, 0.717) is 22.4 Å². The standard InChI is InChI=1S/C30H28F2N6O2/c1-2-3-13-25-27(28(31)32)38(26(39)18-20-9-5-4-6-10-20)30(40)37(25)19-21-14-16-22(17-15-21)23-11-7-8-12-24(23)29-33-35-36-34-29/h4-12,14-17,28H,2-3,13,18-19H2,1H3,(H,33,34,35,36). The average molecular weight is 543 g/mol. The van der Waals surface area contributed by atoms with Gasteiger partial charge in [0.1, 0.15) is 5.69 Å². The second-order valence-electron chi connectivity index (χ2n) is 9.49. The van der Waals surface area contributed by atoms with Gasteiger partial charge in [-0.3, -0.25) is 9.36 Å². The highest BCUT2D eigenvalue weighted by Gasteiger charge is 2.29. The number of alkyl halides is 2. The number of carbonyl (C=O) groups excluding carboxylic acids is 1. The number of aromatic amines is 1. The average Bonchev–Trinajstić information content (AvgIpc) is 3.60. The van der Waals surface area contributed by atoms with Crippen molar-refractivity contribution >= 4 is 5.91 Å². The Hall–Kier alpha value is -4.73. The summed E-state index contributed by atoms with van der Waals surface area (Å²) in [4.78, 5) is 26.7. The SMILES string of the molecule is CCCCc1c(C(F)F)n(C(=O)Cc2ccccc2)c(=O)n1Cc1ccc(-c2ccccc2-c2nnn[nH]2)cc1. The third-order valence-electron chi connectivity index (χ3n) is 6.84. The first-order chi connectivity index (χ1) is 19.5. The molecule has 10 heteroatoms. The van der Waals surface area contributed by atoms with Gasteiger partial charge in [-0.2, -0.15) is 0 Å². The monoisotopic (exact) mass is 542 g/mol. The van der Waals surface area contributed by atoms with E-state index >= 15 is 0 Å². The number of carbonyl (C=O) groups is 1. The van der Waals surface area contributed by atoms with Gasteiger partial charge in [-0.15, -0.1) is 5.10 Å². The van der Waals surface area contributed by atoms with Crippen LogP contribution in [0.15, 0.2) is 83.7 Å². The van der Waals surface area contributed by atoms with E-state index in [1.54, 1.807) is 30.3 Å². The Morgan fingerprint density at radius 1 is 0.925 bits per heavy atom. The second-order valence-corrected chi connectivity index (χ2v) is 9.49. The van der Waals surface area contributed by atoms with Gasteiger partial charge in [0, 0.05) is 11.3 Å². The fraction of sp³-hybridized carbons (Fsp3) is 0.233. The van der Waals surface area contributed by atoms with Gasteiger partial charge in [-0.1, -0.05) is 92.2 Å². The van der Waals surface area contributed by atoms with Crippen LogP contribution >= 0.6 is 0 Å². The molecule has 0 aliphatic carbocycles. The first-order valence-corrected chi connectivity index (χ1v) is 13.1. The minimum absolute atomic E-state index is 0.0666. The number of nitrogens with zero attached hydrogens (tertiary/aromatic N) is 5. The maximum Gasteiger partial charge on any atom is 0.335 e. The molecule has 0 saturated heterocycles. The van der Waals surface area contributed by atoms with Crippen LogP contribution in [-0.4, -0.2) is 35.7 Å². The van der Waals surface area contributed by atoms with E-state index in [2.05, 4.69) is 20.6 Å². The van der Waals surface area contributed by atoms with E-state index in [4.69, 9.17) is 0 Å². The lowest BCUT2D eigenvalue weighted by Gasteiger charge is -2.11. The van der Waals surface area contributed by atoms with Crippen LogP contribution in [0.3, 0.4) is 0 Å². The van der Waals surface area contributed by atoms with Crippen molar-refractivity contribution in [2.24, 2.45) is 0 Å². The van der Waals surface area contributed by atoms with Crippen molar-refractivity contribution in [1.82, 2.24) is 29.8 Å². The van der Waals surface area contributed by atoms with Crippen LogP contribution in [0.4, 0.5) is 8.78 Å². The number of hydrogen-bond donors (Lipinski definition) is 1. The molecule has 8 nitrogen and oxygen atoms in total. The Bertz CT molecular complexity index is 1640. The Labute approximate surface area is 229 Å². The molecule has 0 amide bonds. The van der Waals surface area contributed by atoms with Gasteiger partial charge in [0.05, 0.1) is 13.0 Å². The molecule has 0 atom stereocenters. The van der Waals surface area contributed by atoms with Crippen molar-refractivity contribution in [3.63, 3.8) is 0 Å². The molecule has 2 aromatic heterocycles. The quantitative estimate of drug-likeness (QED) is 0.244. The Balaban J connectivity index is 1.50. The first-order valence-electron chi connectivity index (χ1n) is 13.1. The molecule has 1 N–H and O–H groups in total. The summed E-state index contributed by atoms with van der Waals surface area (Å²) in [6, 6.07) is 24.0. The van der Waals surface area contributed by atoms with E-state index in [1.807, 2.05) is 55.5 Å². The van der Waals surface area contributed by atoms with Crippen LogP contribution in [0.2, 0.25) is 0 Å². The third kappa shape index (κ3) is 5.51. The van der Waals surface area contributed by atoms with Crippen molar-refractivity contribution in [2.75, 3.05) is 0 Å². The fourth-order valence-electron chi connectivity index (χ4n) is 4.88. The summed E-state index contributed by atoms with van der Waals surface area (Å²) in [6.45, 7) is 2.02. The van der Waals surface area contributed by atoms with E-state index in [-0.39, 0.29) is 25.1 Å². The molecule has 0 aliphatic heterocycles. The number of aromatic nitrogens is 6.